The van der Waals surface area contributed by atoms with Crippen molar-refractivity contribution in [2.45, 2.75) is 6.92 Å². The van der Waals surface area contributed by atoms with Crippen molar-refractivity contribution in [2.75, 3.05) is 31.1 Å². The predicted octanol–water partition coefficient (Wildman–Crippen LogP) is 4.21. The van der Waals surface area contributed by atoms with Crippen molar-refractivity contribution < 1.29 is 9.18 Å². The summed E-state index contributed by atoms with van der Waals surface area (Å²) >= 11 is 6.04. The van der Waals surface area contributed by atoms with E-state index in [1.165, 1.54) is 23.8 Å². The van der Waals surface area contributed by atoms with Crippen molar-refractivity contribution in [3.63, 3.8) is 0 Å². The van der Waals surface area contributed by atoms with Gasteiger partial charge in [-0.1, -0.05) is 47.5 Å². The van der Waals surface area contributed by atoms with Crippen molar-refractivity contribution in [1.82, 2.24) is 14.9 Å². The van der Waals surface area contributed by atoms with Crippen LogP contribution in [0.1, 0.15) is 15.9 Å². The van der Waals surface area contributed by atoms with Gasteiger partial charge in [-0.25, -0.2) is 14.4 Å². The van der Waals surface area contributed by atoms with Crippen molar-refractivity contribution in [3.05, 3.63) is 76.8 Å². The lowest BCUT2D eigenvalue weighted by atomic mass is 10.1. The molecule has 1 saturated heterocycles. The average Bonchev–Trinajstić information content (AvgIpc) is 2.74. The molecule has 1 aliphatic rings. The van der Waals surface area contributed by atoms with Gasteiger partial charge in [0, 0.05) is 37.8 Å². The summed E-state index contributed by atoms with van der Waals surface area (Å²) in [5, 5.41) is 0.135. The van der Waals surface area contributed by atoms with Gasteiger partial charge in [-0.3, -0.25) is 4.79 Å². The Morgan fingerprint density at radius 3 is 2.45 bits per heavy atom. The number of piperazine rings is 1. The van der Waals surface area contributed by atoms with Crippen LogP contribution in [0.2, 0.25) is 5.02 Å². The zero-order chi connectivity index (χ0) is 20.4. The largest absolute Gasteiger partial charge is 0.353 e. The molecule has 2 aromatic carbocycles. The molecule has 1 fully saturated rings. The summed E-state index contributed by atoms with van der Waals surface area (Å²) < 4.78 is 14.1. The van der Waals surface area contributed by atoms with Crippen LogP contribution >= 0.6 is 11.6 Å². The summed E-state index contributed by atoms with van der Waals surface area (Å²) in [5.74, 6) is -0.161. The highest BCUT2D eigenvalue weighted by Gasteiger charge is 2.26. The van der Waals surface area contributed by atoms with Crippen LogP contribution in [0, 0.1) is 12.7 Å². The first kappa shape index (κ1) is 19.3. The molecule has 0 bridgehead atoms. The van der Waals surface area contributed by atoms with Crippen molar-refractivity contribution >= 4 is 23.3 Å². The van der Waals surface area contributed by atoms with E-state index in [-0.39, 0.29) is 16.5 Å². The Hall–Kier alpha value is -2.99. The number of hydrogen-bond acceptors (Lipinski definition) is 4. The lowest BCUT2D eigenvalue weighted by molar-refractivity contribution is 0.0742. The first-order valence-electron chi connectivity index (χ1n) is 9.40. The summed E-state index contributed by atoms with van der Waals surface area (Å²) in [6.07, 6.45) is 1.56. The number of benzene rings is 2. The Bertz CT molecular complexity index is 1010. The minimum absolute atomic E-state index is 0.0636. The van der Waals surface area contributed by atoms with E-state index in [0.717, 1.165) is 17.1 Å². The fraction of sp³-hybridized carbons (Fsp3) is 0.227. The molecule has 0 saturated carbocycles. The molecule has 29 heavy (non-hydrogen) atoms. The maximum absolute atomic E-state index is 14.1. The van der Waals surface area contributed by atoms with E-state index in [2.05, 4.69) is 27.0 Å². The molecule has 3 aromatic rings. The van der Waals surface area contributed by atoms with Crippen LogP contribution < -0.4 is 4.90 Å². The zero-order valence-electron chi connectivity index (χ0n) is 16.0. The lowest BCUT2D eigenvalue weighted by Crippen LogP contribution is -2.49. The van der Waals surface area contributed by atoms with Crippen LogP contribution in [-0.4, -0.2) is 47.0 Å². The topological polar surface area (TPSA) is 49.3 Å². The summed E-state index contributed by atoms with van der Waals surface area (Å²) in [5.41, 5.74) is 3.01. The number of halogens is 2. The SMILES string of the molecule is Cc1ccc(-c2cc(N3CCN(C(=O)c4c(F)cccc4Cl)CC3)ncn2)cc1. The number of anilines is 1. The van der Waals surface area contributed by atoms with Crippen molar-refractivity contribution in [3.8, 4) is 11.3 Å². The van der Waals surface area contributed by atoms with Gasteiger partial charge >= 0.3 is 0 Å². The van der Waals surface area contributed by atoms with Gasteiger partial charge in [-0.2, -0.15) is 0 Å². The van der Waals surface area contributed by atoms with Gasteiger partial charge in [0.15, 0.2) is 0 Å². The smallest absolute Gasteiger partial charge is 0.258 e. The van der Waals surface area contributed by atoms with Gasteiger partial charge in [0.1, 0.15) is 18.0 Å². The molecule has 4 rings (SSSR count). The predicted molar refractivity (Wildman–Crippen MR) is 112 cm³/mol. The Morgan fingerprint density at radius 1 is 1.03 bits per heavy atom. The first-order chi connectivity index (χ1) is 14.0. The van der Waals surface area contributed by atoms with Crippen LogP contribution in [0.3, 0.4) is 0 Å². The van der Waals surface area contributed by atoms with E-state index in [1.54, 1.807) is 11.2 Å². The highest BCUT2D eigenvalue weighted by atomic mass is 35.5. The normalized spacial score (nSPS) is 14.2. The Kier molecular flexibility index (Phi) is 5.45. The zero-order valence-corrected chi connectivity index (χ0v) is 16.7. The summed E-state index contributed by atoms with van der Waals surface area (Å²) in [4.78, 5) is 25.2. The monoisotopic (exact) mass is 410 g/mol. The van der Waals surface area contributed by atoms with Crippen LogP contribution in [0.5, 0.6) is 0 Å². The first-order valence-corrected chi connectivity index (χ1v) is 9.78. The summed E-state index contributed by atoms with van der Waals surface area (Å²) in [6.45, 7) is 4.18. The van der Waals surface area contributed by atoms with Gasteiger partial charge in [-0.15, -0.1) is 0 Å². The van der Waals surface area contributed by atoms with E-state index in [0.29, 0.717) is 26.2 Å². The maximum Gasteiger partial charge on any atom is 0.258 e. The third-order valence-electron chi connectivity index (χ3n) is 5.07. The summed E-state index contributed by atoms with van der Waals surface area (Å²) in [6, 6.07) is 14.4. The minimum atomic E-state index is -0.594. The molecule has 0 radical (unpaired) electrons. The number of nitrogens with zero attached hydrogens (tertiary/aromatic N) is 4. The van der Waals surface area contributed by atoms with Crippen LogP contribution in [-0.2, 0) is 0 Å². The number of aromatic nitrogens is 2. The molecule has 1 amide bonds. The Morgan fingerprint density at radius 2 is 1.76 bits per heavy atom. The number of aryl methyl sites for hydroxylation is 1. The lowest BCUT2D eigenvalue weighted by Gasteiger charge is -2.35. The van der Waals surface area contributed by atoms with Gasteiger partial charge in [0.2, 0.25) is 0 Å². The number of carbonyl (C=O) groups is 1. The van der Waals surface area contributed by atoms with Crippen molar-refractivity contribution in [1.29, 1.82) is 0 Å². The van der Waals surface area contributed by atoms with E-state index in [9.17, 15) is 9.18 Å². The highest BCUT2D eigenvalue weighted by molar-refractivity contribution is 6.33. The molecule has 1 aliphatic heterocycles. The third kappa shape index (κ3) is 4.07. The number of amides is 1. The second kappa shape index (κ2) is 8.17. The number of rotatable bonds is 3. The molecule has 7 heteroatoms. The minimum Gasteiger partial charge on any atom is -0.353 e. The average molecular weight is 411 g/mol. The second-order valence-electron chi connectivity index (χ2n) is 7.00. The third-order valence-corrected chi connectivity index (χ3v) is 5.38. The van der Waals surface area contributed by atoms with Gasteiger partial charge in [-0.05, 0) is 19.1 Å². The molecule has 0 aliphatic carbocycles. The van der Waals surface area contributed by atoms with Gasteiger partial charge < -0.3 is 9.80 Å². The van der Waals surface area contributed by atoms with Crippen LogP contribution in [0.4, 0.5) is 10.2 Å². The fourth-order valence-corrected chi connectivity index (χ4v) is 3.64. The van der Waals surface area contributed by atoms with Gasteiger partial charge in [0.05, 0.1) is 16.3 Å². The molecule has 148 valence electrons. The van der Waals surface area contributed by atoms with Crippen molar-refractivity contribution in [2.24, 2.45) is 0 Å². The van der Waals surface area contributed by atoms with E-state index in [4.69, 9.17) is 11.6 Å². The quantitative estimate of drug-likeness (QED) is 0.649. The molecular formula is C22H20ClFN4O. The Balaban J connectivity index is 1.47. The molecule has 0 atom stereocenters. The number of carbonyl (C=O) groups excluding carboxylic acids is 1. The summed E-state index contributed by atoms with van der Waals surface area (Å²) in [7, 11) is 0. The van der Waals surface area contributed by atoms with E-state index in [1.807, 2.05) is 25.1 Å². The van der Waals surface area contributed by atoms with E-state index >= 15 is 0 Å². The standard InChI is InChI=1S/C22H20ClFN4O/c1-15-5-7-16(8-6-15)19-13-20(26-14-25-19)27-9-11-28(12-10-27)22(29)21-17(23)3-2-4-18(21)24/h2-8,13-14H,9-12H2,1H3. The molecular weight excluding hydrogens is 391 g/mol. The number of hydrogen-bond donors (Lipinski definition) is 0. The van der Waals surface area contributed by atoms with Crippen LogP contribution in [0.15, 0.2) is 54.9 Å². The highest BCUT2D eigenvalue weighted by Crippen LogP contribution is 2.24. The fourth-order valence-electron chi connectivity index (χ4n) is 3.40. The second-order valence-corrected chi connectivity index (χ2v) is 7.41. The molecule has 5 nitrogen and oxygen atoms in total. The maximum atomic E-state index is 14.1. The molecule has 0 N–H and O–H groups in total. The van der Waals surface area contributed by atoms with Crippen LogP contribution in [0.25, 0.3) is 11.3 Å². The van der Waals surface area contributed by atoms with E-state index < -0.39 is 5.82 Å². The molecule has 1 aromatic heterocycles. The van der Waals surface area contributed by atoms with Gasteiger partial charge in [0.25, 0.3) is 5.91 Å². The molecule has 2 heterocycles. The molecule has 0 unspecified atom stereocenters. The Labute approximate surface area is 173 Å². The molecule has 0 spiro atoms.